The van der Waals surface area contributed by atoms with Gasteiger partial charge in [0.05, 0.1) is 4.88 Å². The predicted molar refractivity (Wildman–Crippen MR) is 107 cm³/mol. The Kier molecular flexibility index (Phi) is 4.91. The molecule has 1 amide bonds. The Hall–Kier alpha value is -2.37. The minimum Gasteiger partial charge on any atom is -0.353 e. The number of nitrogens with zero attached hydrogens (tertiary/aromatic N) is 3. The van der Waals surface area contributed by atoms with Crippen molar-refractivity contribution < 1.29 is 4.79 Å². The van der Waals surface area contributed by atoms with Gasteiger partial charge in [-0.15, -0.1) is 11.3 Å². The molecule has 6 heteroatoms. The highest BCUT2D eigenvalue weighted by Crippen LogP contribution is 2.30. The topological polar surface area (TPSA) is 36.4 Å². The van der Waals surface area contributed by atoms with Crippen molar-refractivity contribution in [1.82, 2.24) is 9.88 Å². The molecule has 26 heavy (non-hydrogen) atoms. The lowest BCUT2D eigenvalue weighted by Crippen LogP contribution is -2.48. The third-order valence-electron chi connectivity index (χ3n) is 4.47. The number of carbonyl (C=O) groups is 1. The first-order valence-electron chi connectivity index (χ1n) is 8.52. The molecule has 0 aliphatic carbocycles. The molecule has 1 fully saturated rings. The lowest BCUT2D eigenvalue weighted by Gasteiger charge is -2.35. The minimum absolute atomic E-state index is 0.101. The molecule has 2 aromatic heterocycles. The lowest BCUT2D eigenvalue weighted by molar-refractivity contribution is 0.0751. The van der Waals surface area contributed by atoms with Gasteiger partial charge in [-0.05, 0) is 42.0 Å². The van der Waals surface area contributed by atoms with E-state index in [0.717, 1.165) is 34.2 Å². The molecule has 4 nitrogen and oxygen atoms in total. The number of carbonyl (C=O) groups excluding carboxylic acids is 1. The summed E-state index contributed by atoms with van der Waals surface area (Å²) in [4.78, 5) is 23.2. The first kappa shape index (κ1) is 17.1. The van der Waals surface area contributed by atoms with E-state index in [0.29, 0.717) is 18.1 Å². The van der Waals surface area contributed by atoms with Crippen molar-refractivity contribution in [2.75, 3.05) is 31.1 Å². The van der Waals surface area contributed by atoms with Crippen molar-refractivity contribution in [2.45, 2.75) is 0 Å². The monoisotopic (exact) mass is 383 g/mol. The molecule has 0 N–H and O–H groups in total. The normalized spacial score (nSPS) is 14.5. The fraction of sp³-hybridized carbons (Fsp3) is 0.200. The molecular weight excluding hydrogens is 366 g/mol. The van der Waals surface area contributed by atoms with E-state index in [1.54, 1.807) is 6.20 Å². The highest BCUT2D eigenvalue weighted by molar-refractivity contribution is 7.17. The first-order valence-corrected chi connectivity index (χ1v) is 9.71. The Morgan fingerprint density at radius 3 is 2.58 bits per heavy atom. The summed E-state index contributed by atoms with van der Waals surface area (Å²) in [5.41, 5.74) is 1.04. The number of anilines is 1. The third kappa shape index (κ3) is 3.59. The van der Waals surface area contributed by atoms with Crippen LogP contribution in [-0.4, -0.2) is 42.0 Å². The van der Waals surface area contributed by atoms with E-state index in [4.69, 9.17) is 11.6 Å². The second-order valence-corrected chi connectivity index (χ2v) is 7.66. The van der Waals surface area contributed by atoms with Gasteiger partial charge in [-0.2, -0.15) is 0 Å². The van der Waals surface area contributed by atoms with E-state index in [9.17, 15) is 4.79 Å². The van der Waals surface area contributed by atoms with E-state index >= 15 is 0 Å². The zero-order valence-electron chi connectivity index (χ0n) is 14.1. The van der Waals surface area contributed by atoms with E-state index in [2.05, 4.69) is 9.88 Å². The maximum Gasteiger partial charge on any atom is 0.264 e. The van der Waals surface area contributed by atoms with Crippen molar-refractivity contribution in [1.29, 1.82) is 0 Å². The van der Waals surface area contributed by atoms with Gasteiger partial charge in [0.2, 0.25) is 0 Å². The molecule has 0 unspecified atom stereocenters. The van der Waals surface area contributed by atoms with Crippen LogP contribution in [0.2, 0.25) is 5.02 Å². The summed E-state index contributed by atoms with van der Waals surface area (Å²) in [5.74, 6) is 1.07. The highest BCUT2D eigenvalue weighted by atomic mass is 35.5. The molecule has 0 bridgehead atoms. The van der Waals surface area contributed by atoms with Crippen LogP contribution in [0.3, 0.4) is 0 Å². The van der Waals surface area contributed by atoms with Crippen LogP contribution in [0.15, 0.2) is 60.8 Å². The predicted octanol–water partition coefficient (Wildman–Crippen LogP) is 4.43. The Labute approximate surface area is 161 Å². The van der Waals surface area contributed by atoms with Crippen LogP contribution in [0, 0.1) is 0 Å². The maximum atomic E-state index is 12.8. The van der Waals surface area contributed by atoms with Crippen LogP contribution >= 0.6 is 22.9 Å². The molecule has 0 radical (unpaired) electrons. The fourth-order valence-electron chi connectivity index (χ4n) is 3.08. The van der Waals surface area contributed by atoms with Gasteiger partial charge in [0.25, 0.3) is 5.91 Å². The number of benzene rings is 1. The summed E-state index contributed by atoms with van der Waals surface area (Å²) in [6, 6.07) is 17.5. The van der Waals surface area contributed by atoms with Crippen molar-refractivity contribution in [3.63, 3.8) is 0 Å². The number of piperazine rings is 1. The van der Waals surface area contributed by atoms with E-state index in [-0.39, 0.29) is 5.91 Å². The van der Waals surface area contributed by atoms with Crippen molar-refractivity contribution in [2.24, 2.45) is 0 Å². The number of pyridine rings is 1. The quantitative estimate of drug-likeness (QED) is 0.671. The SMILES string of the molecule is O=C(c1ccc(-c2cccc(Cl)c2)s1)N1CCN(c2ccccn2)CC1. The number of hydrogen-bond acceptors (Lipinski definition) is 4. The van der Waals surface area contributed by atoms with E-state index in [1.807, 2.05) is 59.5 Å². The molecular formula is C20H18ClN3OS. The van der Waals surface area contributed by atoms with Crippen molar-refractivity contribution in [3.05, 3.63) is 70.7 Å². The summed E-state index contributed by atoms with van der Waals surface area (Å²) in [5, 5.41) is 0.703. The zero-order chi connectivity index (χ0) is 17.9. The Morgan fingerprint density at radius 2 is 1.85 bits per heavy atom. The lowest BCUT2D eigenvalue weighted by atomic mass is 10.2. The van der Waals surface area contributed by atoms with Gasteiger partial charge in [-0.25, -0.2) is 4.98 Å². The second-order valence-electron chi connectivity index (χ2n) is 6.14. The van der Waals surface area contributed by atoms with Gasteiger partial charge in [-0.3, -0.25) is 4.79 Å². The van der Waals surface area contributed by atoms with Gasteiger partial charge in [0.1, 0.15) is 5.82 Å². The van der Waals surface area contributed by atoms with Gasteiger partial charge < -0.3 is 9.80 Å². The first-order chi connectivity index (χ1) is 12.7. The number of halogens is 1. The smallest absolute Gasteiger partial charge is 0.264 e. The highest BCUT2D eigenvalue weighted by Gasteiger charge is 2.23. The number of hydrogen-bond donors (Lipinski definition) is 0. The van der Waals surface area contributed by atoms with Gasteiger partial charge in [0, 0.05) is 42.3 Å². The van der Waals surface area contributed by atoms with Crippen LogP contribution in [-0.2, 0) is 0 Å². The molecule has 0 atom stereocenters. The molecule has 1 saturated heterocycles. The number of rotatable bonds is 3. The average molecular weight is 384 g/mol. The molecule has 3 aromatic rings. The summed E-state index contributed by atoms with van der Waals surface area (Å²) in [6.45, 7) is 3.02. The molecule has 3 heterocycles. The molecule has 1 aliphatic heterocycles. The van der Waals surface area contributed by atoms with Gasteiger partial charge in [-0.1, -0.05) is 29.8 Å². The molecule has 132 valence electrons. The third-order valence-corrected chi connectivity index (χ3v) is 5.82. The molecule has 1 aromatic carbocycles. The number of amides is 1. The zero-order valence-corrected chi connectivity index (χ0v) is 15.7. The molecule has 4 rings (SSSR count). The average Bonchev–Trinajstić information content (AvgIpc) is 3.18. The molecule has 1 aliphatic rings. The van der Waals surface area contributed by atoms with Crippen LogP contribution in [0.4, 0.5) is 5.82 Å². The Bertz CT molecular complexity index is 904. The number of thiophene rings is 1. The molecule has 0 spiro atoms. The van der Waals surface area contributed by atoms with Crippen LogP contribution in [0.25, 0.3) is 10.4 Å². The number of aromatic nitrogens is 1. The van der Waals surface area contributed by atoms with Gasteiger partial charge in [0.15, 0.2) is 0 Å². The summed E-state index contributed by atoms with van der Waals surface area (Å²) >= 11 is 7.59. The molecule has 0 saturated carbocycles. The second kappa shape index (κ2) is 7.48. The minimum atomic E-state index is 0.101. The summed E-state index contributed by atoms with van der Waals surface area (Å²) in [7, 11) is 0. The van der Waals surface area contributed by atoms with Crippen LogP contribution in [0.1, 0.15) is 9.67 Å². The standard InChI is InChI=1S/C20H18ClN3OS/c21-16-5-3-4-15(14-16)17-7-8-18(26-17)20(25)24-12-10-23(11-13-24)19-6-1-2-9-22-19/h1-9,14H,10-13H2. The maximum absolute atomic E-state index is 12.8. The Morgan fingerprint density at radius 1 is 1.00 bits per heavy atom. The fourth-order valence-corrected chi connectivity index (χ4v) is 4.25. The van der Waals surface area contributed by atoms with Crippen LogP contribution < -0.4 is 4.90 Å². The summed E-state index contributed by atoms with van der Waals surface area (Å²) < 4.78 is 0. The summed E-state index contributed by atoms with van der Waals surface area (Å²) in [6.07, 6.45) is 1.80. The largest absolute Gasteiger partial charge is 0.353 e. The van der Waals surface area contributed by atoms with Gasteiger partial charge >= 0.3 is 0 Å². The van der Waals surface area contributed by atoms with Crippen LogP contribution in [0.5, 0.6) is 0 Å². The van der Waals surface area contributed by atoms with Crippen molar-refractivity contribution >= 4 is 34.7 Å². The Balaban J connectivity index is 1.43. The van der Waals surface area contributed by atoms with E-state index < -0.39 is 0 Å². The van der Waals surface area contributed by atoms with Crippen molar-refractivity contribution in [3.8, 4) is 10.4 Å². The van der Waals surface area contributed by atoms with E-state index in [1.165, 1.54) is 11.3 Å².